The van der Waals surface area contributed by atoms with Crippen LogP contribution < -0.4 is 10.6 Å². The molecule has 0 radical (unpaired) electrons. The summed E-state index contributed by atoms with van der Waals surface area (Å²) in [7, 11) is 0. The first-order chi connectivity index (χ1) is 8.13. The standard InChI is InChI=1S/C12H14ClFN2O/c13-8-5-9(14)7-11(6-8)15-4-3-12(17)16-10-1-2-10/h5-7,10,15H,1-4H2,(H,16,17). The molecular weight excluding hydrogens is 243 g/mol. The number of carbonyl (C=O) groups is 1. The fourth-order valence-electron chi connectivity index (χ4n) is 1.50. The third-order valence-corrected chi connectivity index (χ3v) is 2.70. The minimum Gasteiger partial charge on any atom is -0.384 e. The highest BCUT2D eigenvalue weighted by atomic mass is 35.5. The summed E-state index contributed by atoms with van der Waals surface area (Å²) in [5.74, 6) is -0.357. The van der Waals surface area contributed by atoms with Gasteiger partial charge in [0.25, 0.3) is 0 Å². The van der Waals surface area contributed by atoms with Gasteiger partial charge in [0.2, 0.25) is 5.91 Å². The largest absolute Gasteiger partial charge is 0.384 e. The molecule has 2 rings (SSSR count). The van der Waals surface area contributed by atoms with Crippen LogP contribution in [0.1, 0.15) is 19.3 Å². The van der Waals surface area contributed by atoms with Crippen LogP contribution in [0.25, 0.3) is 0 Å². The van der Waals surface area contributed by atoms with Crippen LogP contribution in [0, 0.1) is 5.82 Å². The third kappa shape index (κ3) is 4.23. The van der Waals surface area contributed by atoms with E-state index in [0.717, 1.165) is 12.8 Å². The number of hydrogen-bond acceptors (Lipinski definition) is 2. The maximum absolute atomic E-state index is 13.0. The van der Waals surface area contributed by atoms with Crippen LogP contribution in [-0.2, 0) is 4.79 Å². The smallest absolute Gasteiger partial charge is 0.221 e. The van der Waals surface area contributed by atoms with Gasteiger partial charge in [-0.2, -0.15) is 0 Å². The molecule has 0 heterocycles. The first-order valence-corrected chi connectivity index (χ1v) is 6.00. The van der Waals surface area contributed by atoms with Crippen LogP contribution in [0.5, 0.6) is 0 Å². The zero-order chi connectivity index (χ0) is 12.3. The van der Waals surface area contributed by atoms with E-state index in [4.69, 9.17) is 11.6 Å². The van der Waals surface area contributed by atoms with Crippen molar-refractivity contribution in [2.24, 2.45) is 0 Å². The Bertz CT molecular complexity index is 401. The highest BCUT2D eigenvalue weighted by Crippen LogP contribution is 2.19. The van der Waals surface area contributed by atoms with Crippen molar-refractivity contribution >= 4 is 23.2 Å². The zero-order valence-corrected chi connectivity index (χ0v) is 10.1. The molecule has 2 N–H and O–H groups in total. The molecule has 0 atom stereocenters. The van der Waals surface area contributed by atoms with Gasteiger partial charge in [0.15, 0.2) is 0 Å². The van der Waals surface area contributed by atoms with Gasteiger partial charge in [-0.25, -0.2) is 4.39 Å². The van der Waals surface area contributed by atoms with Crippen LogP contribution in [-0.4, -0.2) is 18.5 Å². The summed E-state index contributed by atoms with van der Waals surface area (Å²) in [6.45, 7) is 0.471. The van der Waals surface area contributed by atoms with Gasteiger partial charge in [0.05, 0.1) is 0 Å². The number of carbonyl (C=O) groups excluding carboxylic acids is 1. The van der Waals surface area contributed by atoms with Crippen LogP contribution in [0.15, 0.2) is 18.2 Å². The summed E-state index contributed by atoms with van der Waals surface area (Å²) < 4.78 is 13.0. The van der Waals surface area contributed by atoms with Crippen molar-refractivity contribution < 1.29 is 9.18 Å². The lowest BCUT2D eigenvalue weighted by Gasteiger charge is -2.07. The van der Waals surface area contributed by atoms with Gasteiger partial charge in [-0.1, -0.05) is 11.6 Å². The topological polar surface area (TPSA) is 41.1 Å². The minimum atomic E-state index is -0.387. The fourth-order valence-corrected chi connectivity index (χ4v) is 1.73. The first kappa shape index (κ1) is 12.2. The average molecular weight is 257 g/mol. The molecule has 0 unspecified atom stereocenters. The van der Waals surface area contributed by atoms with E-state index >= 15 is 0 Å². The Hall–Kier alpha value is -1.29. The molecule has 1 aliphatic rings. The summed E-state index contributed by atoms with van der Waals surface area (Å²) in [5.41, 5.74) is 0.592. The Morgan fingerprint density at radius 1 is 1.41 bits per heavy atom. The molecule has 0 bridgehead atoms. The second kappa shape index (κ2) is 5.36. The third-order valence-electron chi connectivity index (χ3n) is 2.49. The maximum atomic E-state index is 13.0. The highest BCUT2D eigenvalue weighted by Gasteiger charge is 2.22. The molecule has 1 aliphatic carbocycles. The maximum Gasteiger partial charge on any atom is 0.221 e. The summed E-state index contributed by atoms with van der Waals surface area (Å²) in [4.78, 5) is 11.4. The van der Waals surface area contributed by atoms with Gasteiger partial charge in [-0.15, -0.1) is 0 Å². The number of halogens is 2. The Morgan fingerprint density at radius 3 is 2.82 bits per heavy atom. The number of amides is 1. The molecule has 1 amide bonds. The van der Waals surface area contributed by atoms with Gasteiger partial charge in [-0.3, -0.25) is 4.79 Å². The van der Waals surface area contributed by atoms with Gasteiger partial charge in [-0.05, 0) is 31.0 Å². The molecule has 0 saturated heterocycles. The van der Waals surface area contributed by atoms with E-state index in [-0.39, 0.29) is 11.7 Å². The first-order valence-electron chi connectivity index (χ1n) is 5.63. The van der Waals surface area contributed by atoms with E-state index < -0.39 is 0 Å². The van der Waals surface area contributed by atoms with Gasteiger partial charge >= 0.3 is 0 Å². The Kier molecular flexibility index (Phi) is 3.84. The van der Waals surface area contributed by atoms with Crippen molar-refractivity contribution in [1.82, 2.24) is 5.32 Å². The molecule has 0 aliphatic heterocycles. The van der Waals surface area contributed by atoms with Gasteiger partial charge in [0, 0.05) is 29.7 Å². The molecule has 1 aromatic carbocycles. The predicted octanol–water partition coefficient (Wildman–Crippen LogP) is 2.56. The predicted molar refractivity (Wildman–Crippen MR) is 65.7 cm³/mol. The van der Waals surface area contributed by atoms with Crippen LogP contribution in [0.3, 0.4) is 0 Å². The van der Waals surface area contributed by atoms with Crippen molar-refractivity contribution in [3.63, 3.8) is 0 Å². The lowest BCUT2D eigenvalue weighted by Crippen LogP contribution is -2.27. The molecule has 92 valence electrons. The van der Waals surface area contributed by atoms with Crippen LogP contribution >= 0.6 is 11.6 Å². The zero-order valence-electron chi connectivity index (χ0n) is 9.30. The molecule has 5 heteroatoms. The number of hydrogen-bond donors (Lipinski definition) is 2. The summed E-state index contributed by atoms with van der Waals surface area (Å²) in [5, 5.41) is 6.19. The SMILES string of the molecule is O=C(CCNc1cc(F)cc(Cl)c1)NC1CC1. The van der Waals surface area contributed by atoms with E-state index in [1.165, 1.54) is 12.1 Å². The van der Waals surface area contributed by atoms with E-state index in [1.807, 2.05) is 0 Å². The summed E-state index contributed by atoms with van der Waals surface area (Å²) in [6.07, 6.45) is 2.54. The lowest BCUT2D eigenvalue weighted by molar-refractivity contribution is -0.120. The van der Waals surface area contributed by atoms with Crippen molar-refractivity contribution in [2.45, 2.75) is 25.3 Å². The van der Waals surface area contributed by atoms with Crippen molar-refractivity contribution in [1.29, 1.82) is 0 Å². The summed E-state index contributed by atoms with van der Waals surface area (Å²) >= 11 is 5.71. The van der Waals surface area contributed by atoms with Crippen molar-refractivity contribution in [3.05, 3.63) is 29.0 Å². The van der Waals surface area contributed by atoms with E-state index in [2.05, 4.69) is 10.6 Å². The Labute approximate surface area is 104 Å². The number of nitrogens with one attached hydrogen (secondary N) is 2. The summed E-state index contributed by atoms with van der Waals surface area (Å²) in [6, 6.07) is 4.60. The van der Waals surface area contributed by atoms with Crippen LogP contribution in [0.2, 0.25) is 5.02 Å². The Morgan fingerprint density at radius 2 is 2.18 bits per heavy atom. The normalized spacial score (nSPS) is 14.5. The van der Waals surface area contributed by atoms with E-state index in [0.29, 0.717) is 29.7 Å². The minimum absolute atomic E-state index is 0.0301. The molecule has 1 aromatic rings. The molecular formula is C12H14ClFN2O. The quantitative estimate of drug-likeness (QED) is 0.850. The van der Waals surface area contributed by atoms with E-state index in [1.54, 1.807) is 6.07 Å². The number of rotatable bonds is 5. The molecule has 0 spiro atoms. The Balaban J connectivity index is 1.74. The highest BCUT2D eigenvalue weighted by molar-refractivity contribution is 6.30. The van der Waals surface area contributed by atoms with Crippen molar-refractivity contribution in [3.8, 4) is 0 Å². The monoisotopic (exact) mass is 256 g/mol. The molecule has 17 heavy (non-hydrogen) atoms. The fraction of sp³-hybridized carbons (Fsp3) is 0.417. The number of benzene rings is 1. The molecule has 1 fully saturated rings. The van der Waals surface area contributed by atoms with Crippen molar-refractivity contribution in [2.75, 3.05) is 11.9 Å². The second-order valence-electron chi connectivity index (χ2n) is 4.18. The second-order valence-corrected chi connectivity index (χ2v) is 4.61. The van der Waals surface area contributed by atoms with Gasteiger partial charge < -0.3 is 10.6 Å². The van der Waals surface area contributed by atoms with Gasteiger partial charge in [0.1, 0.15) is 5.82 Å². The lowest BCUT2D eigenvalue weighted by atomic mass is 10.3. The molecule has 1 saturated carbocycles. The molecule has 0 aromatic heterocycles. The molecule has 3 nitrogen and oxygen atoms in total. The van der Waals surface area contributed by atoms with E-state index in [9.17, 15) is 9.18 Å². The number of anilines is 1. The van der Waals surface area contributed by atoms with Crippen LogP contribution in [0.4, 0.5) is 10.1 Å². The average Bonchev–Trinajstić information content (AvgIpc) is 3.00.